The first-order valence-corrected chi connectivity index (χ1v) is 12.5. The predicted molar refractivity (Wildman–Crippen MR) is 94.8 cm³/mol. The zero-order valence-corrected chi connectivity index (χ0v) is 17.9. The third-order valence-corrected chi connectivity index (χ3v) is 7.67. The average Bonchev–Trinajstić information content (AvgIpc) is 2.78. The molecule has 0 aromatic carbocycles. The maximum Gasteiger partial charge on any atom is 0.490 e. The minimum Gasteiger partial charge on any atom is -0.390 e. The predicted octanol–water partition coefficient (Wildman–Crippen LogP) is 0.144. The number of phosphoric acid groups is 3. The summed E-state index contributed by atoms with van der Waals surface area (Å²) < 4.78 is 51.9. The molecule has 0 spiro atoms. The number of aliphatic hydroxyl groups excluding tert-OH is 1. The van der Waals surface area contributed by atoms with Gasteiger partial charge in [0.05, 0.1) is 12.7 Å². The van der Waals surface area contributed by atoms with Crippen LogP contribution in [0.2, 0.25) is 0 Å². The van der Waals surface area contributed by atoms with Crippen molar-refractivity contribution in [1.82, 2.24) is 9.55 Å². The number of aromatic amines is 1. The van der Waals surface area contributed by atoms with Gasteiger partial charge in [-0.15, -0.1) is 0 Å². The van der Waals surface area contributed by atoms with Crippen LogP contribution in [0.3, 0.4) is 0 Å². The van der Waals surface area contributed by atoms with Gasteiger partial charge in [0.15, 0.2) is 0 Å². The van der Waals surface area contributed by atoms with Gasteiger partial charge >= 0.3 is 29.2 Å². The van der Waals surface area contributed by atoms with Gasteiger partial charge in [-0.2, -0.15) is 8.62 Å². The summed E-state index contributed by atoms with van der Waals surface area (Å²) in [4.78, 5) is 49.8. The molecule has 15 nitrogen and oxygen atoms in total. The fourth-order valence-corrected chi connectivity index (χ4v) is 5.62. The Morgan fingerprint density at radius 3 is 2.38 bits per heavy atom. The Hall–Kier alpha value is -0.570. The van der Waals surface area contributed by atoms with Crippen molar-refractivity contribution in [3.63, 3.8) is 0 Å². The van der Waals surface area contributed by atoms with Gasteiger partial charge in [-0.25, -0.2) is 18.5 Å². The number of hydrogen-bond donors (Lipinski definition) is 6. The van der Waals surface area contributed by atoms with Crippen LogP contribution < -0.4 is 5.69 Å². The molecule has 0 bridgehead atoms. The van der Waals surface area contributed by atoms with Gasteiger partial charge in [-0.05, 0) is 6.07 Å². The van der Waals surface area contributed by atoms with Crippen molar-refractivity contribution in [2.24, 2.45) is 5.92 Å². The molecular formula is C10H17N2O13P3S. The standard InChI is InChI=1S/C10H17N2O13P3S/c1-5-8(13)6(23-9(5)12-3-2-7(29)11-10(12)14)4-22-27(18,19)25-28(20,21)24-26(15,16)17/h2-3,5-6,8-9,13H,4H2,1H3,(H,18,19)(H,20,21)(H,11,14,29)(H2,15,16,17)/t5?,6-,8?,9-/m1/s1. The Labute approximate surface area is 167 Å². The highest BCUT2D eigenvalue weighted by molar-refractivity contribution is 7.71. The SMILES string of the molecule is CC1C(O)[C@@H](COP(=O)(O)OP(=O)(O)OP(=O)(O)O)O[C@H]1n1ccc(=S)[nH]c1=O. The number of H-pyrrole nitrogens is 1. The van der Waals surface area contributed by atoms with Crippen molar-refractivity contribution < 1.29 is 56.3 Å². The van der Waals surface area contributed by atoms with Crippen LogP contribution in [0.1, 0.15) is 13.2 Å². The molecule has 1 aromatic rings. The lowest BCUT2D eigenvalue weighted by Gasteiger charge is -2.19. The summed E-state index contributed by atoms with van der Waals surface area (Å²) in [5.74, 6) is -0.688. The molecule has 0 aliphatic carbocycles. The molecule has 1 aliphatic rings. The summed E-state index contributed by atoms with van der Waals surface area (Å²) in [5.41, 5.74) is -0.630. The smallest absolute Gasteiger partial charge is 0.390 e. The Balaban J connectivity index is 2.06. The molecule has 166 valence electrons. The van der Waals surface area contributed by atoms with Gasteiger partial charge in [0.2, 0.25) is 0 Å². The second kappa shape index (κ2) is 8.89. The number of aliphatic hydroxyl groups is 1. The molecular weight excluding hydrogens is 481 g/mol. The highest BCUT2D eigenvalue weighted by Gasteiger charge is 2.45. The van der Waals surface area contributed by atoms with E-state index in [0.29, 0.717) is 0 Å². The van der Waals surface area contributed by atoms with Crippen LogP contribution in [-0.4, -0.2) is 53.0 Å². The molecule has 4 unspecified atom stereocenters. The third-order valence-electron chi connectivity index (χ3n) is 3.63. The molecule has 19 heteroatoms. The van der Waals surface area contributed by atoms with E-state index in [-0.39, 0.29) is 4.64 Å². The molecule has 0 radical (unpaired) electrons. The summed E-state index contributed by atoms with van der Waals surface area (Å²) in [7, 11) is -16.5. The molecule has 29 heavy (non-hydrogen) atoms. The Kier molecular flexibility index (Phi) is 7.57. The number of hydrogen-bond acceptors (Lipinski definition) is 10. The molecule has 1 aromatic heterocycles. The molecule has 2 rings (SSSR count). The lowest BCUT2D eigenvalue weighted by molar-refractivity contribution is -0.0467. The number of rotatable bonds is 8. The van der Waals surface area contributed by atoms with Gasteiger partial charge in [-0.1, -0.05) is 19.1 Å². The molecule has 2 heterocycles. The number of nitrogens with zero attached hydrogens (tertiary/aromatic N) is 1. The fourth-order valence-electron chi connectivity index (χ4n) is 2.45. The Bertz CT molecular complexity index is 1000. The van der Waals surface area contributed by atoms with Crippen LogP contribution in [-0.2, 0) is 31.6 Å². The van der Waals surface area contributed by atoms with Crippen molar-refractivity contribution >= 4 is 35.7 Å². The van der Waals surface area contributed by atoms with Gasteiger partial charge in [-0.3, -0.25) is 14.1 Å². The second-order valence-corrected chi connectivity index (χ2v) is 10.7. The maximum absolute atomic E-state index is 12.0. The first-order chi connectivity index (χ1) is 13.1. The first-order valence-electron chi connectivity index (χ1n) is 7.53. The van der Waals surface area contributed by atoms with Crippen LogP contribution in [0.5, 0.6) is 0 Å². The number of ether oxygens (including phenoxy) is 1. The van der Waals surface area contributed by atoms with Crippen LogP contribution in [0.25, 0.3) is 0 Å². The number of phosphoric ester groups is 1. The van der Waals surface area contributed by atoms with Crippen LogP contribution in [0.4, 0.5) is 0 Å². The number of nitrogens with one attached hydrogen (secondary N) is 1. The highest BCUT2D eigenvalue weighted by atomic mass is 32.1. The van der Waals surface area contributed by atoms with Crippen molar-refractivity contribution in [2.45, 2.75) is 25.4 Å². The van der Waals surface area contributed by atoms with E-state index in [1.807, 2.05) is 0 Å². The van der Waals surface area contributed by atoms with Crippen molar-refractivity contribution in [2.75, 3.05) is 6.61 Å². The van der Waals surface area contributed by atoms with Crippen molar-refractivity contribution in [3.8, 4) is 0 Å². The molecule has 1 fully saturated rings. The first kappa shape index (κ1) is 24.7. The third kappa shape index (κ3) is 6.97. The van der Waals surface area contributed by atoms with E-state index in [9.17, 15) is 28.5 Å². The van der Waals surface area contributed by atoms with E-state index >= 15 is 0 Å². The lowest BCUT2D eigenvalue weighted by atomic mass is 10.0. The van der Waals surface area contributed by atoms with E-state index in [2.05, 4.69) is 18.1 Å². The highest BCUT2D eigenvalue weighted by Crippen LogP contribution is 2.66. The Morgan fingerprint density at radius 2 is 1.83 bits per heavy atom. The second-order valence-electron chi connectivity index (χ2n) is 5.82. The normalized spacial score (nSPS) is 29.3. The van der Waals surface area contributed by atoms with Gasteiger partial charge in [0.1, 0.15) is 17.0 Å². The monoisotopic (exact) mass is 498 g/mol. The molecule has 6 N–H and O–H groups in total. The molecule has 6 atom stereocenters. The summed E-state index contributed by atoms with van der Waals surface area (Å²) in [6, 6.07) is 1.40. The topological polar surface area (TPSA) is 227 Å². The van der Waals surface area contributed by atoms with Gasteiger partial charge < -0.3 is 29.4 Å². The summed E-state index contributed by atoms with van der Waals surface area (Å²) in [6.45, 7) is 0.678. The van der Waals surface area contributed by atoms with E-state index in [1.165, 1.54) is 19.2 Å². The van der Waals surface area contributed by atoms with E-state index < -0.39 is 60.1 Å². The Morgan fingerprint density at radius 1 is 1.21 bits per heavy atom. The van der Waals surface area contributed by atoms with Crippen LogP contribution >= 0.6 is 35.7 Å². The molecule has 1 saturated heterocycles. The quantitative estimate of drug-likeness (QED) is 0.207. The van der Waals surface area contributed by atoms with E-state index in [0.717, 1.165) is 4.57 Å². The van der Waals surface area contributed by atoms with E-state index in [1.54, 1.807) is 0 Å². The minimum absolute atomic E-state index is 0.168. The average molecular weight is 498 g/mol. The van der Waals surface area contributed by atoms with Crippen LogP contribution in [0.15, 0.2) is 17.1 Å². The fraction of sp³-hybridized carbons (Fsp3) is 0.600. The van der Waals surface area contributed by atoms with Crippen LogP contribution in [0, 0.1) is 10.6 Å². The van der Waals surface area contributed by atoms with E-state index in [4.69, 9.17) is 31.6 Å². The molecule has 0 amide bonds. The molecule has 1 aliphatic heterocycles. The minimum atomic E-state index is -5.66. The number of aromatic nitrogens is 2. The largest absolute Gasteiger partial charge is 0.490 e. The summed E-state index contributed by atoms with van der Waals surface area (Å²) >= 11 is 4.81. The zero-order chi connectivity index (χ0) is 22.2. The summed E-state index contributed by atoms with van der Waals surface area (Å²) in [5, 5.41) is 10.2. The van der Waals surface area contributed by atoms with Crippen molar-refractivity contribution in [1.29, 1.82) is 0 Å². The summed E-state index contributed by atoms with van der Waals surface area (Å²) in [6.07, 6.45) is -2.24. The maximum atomic E-state index is 12.0. The lowest BCUT2D eigenvalue weighted by Crippen LogP contribution is -2.30. The van der Waals surface area contributed by atoms with Gasteiger partial charge in [0, 0.05) is 12.1 Å². The molecule has 0 saturated carbocycles. The van der Waals surface area contributed by atoms with Crippen molar-refractivity contribution in [3.05, 3.63) is 27.4 Å². The van der Waals surface area contributed by atoms with Gasteiger partial charge in [0.25, 0.3) is 0 Å². The zero-order valence-electron chi connectivity index (χ0n) is 14.4.